The van der Waals surface area contributed by atoms with Crippen molar-refractivity contribution < 1.29 is 15.0 Å². The van der Waals surface area contributed by atoms with Gasteiger partial charge in [0.15, 0.2) is 0 Å². The second-order valence-corrected chi connectivity index (χ2v) is 6.44. The maximum absolute atomic E-state index is 12.1. The third-order valence-corrected chi connectivity index (χ3v) is 4.72. The quantitative estimate of drug-likeness (QED) is 0.373. The van der Waals surface area contributed by atoms with Crippen molar-refractivity contribution in [2.75, 3.05) is 0 Å². The van der Waals surface area contributed by atoms with E-state index in [4.69, 9.17) is 0 Å². The van der Waals surface area contributed by atoms with Crippen molar-refractivity contribution in [1.29, 1.82) is 0 Å². The number of aryl methyl sites for hydroxylation is 1. The molecule has 0 saturated carbocycles. The van der Waals surface area contributed by atoms with Crippen LogP contribution in [0.2, 0.25) is 0 Å². The molecule has 1 heterocycles. The number of amides is 1. The van der Waals surface area contributed by atoms with Crippen LogP contribution in [0.5, 0.6) is 11.5 Å². The molecule has 0 bridgehead atoms. The van der Waals surface area contributed by atoms with Gasteiger partial charge in [-0.15, -0.1) is 0 Å². The zero-order valence-electron chi connectivity index (χ0n) is 15.3. The van der Waals surface area contributed by atoms with Crippen molar-refractivity contribution in [3.63, 3.8) is 0 Å². The number of aromatic nitrogens is 1. The highest BCUT2D eigenvalue weighted by atomic mass is 16.3. The lowest BCUT2D eigenvalue weighted by Gasteiger charge is -2.04. The highest BCUT2D eigenvalue weighted by Gasteiger charge is 2.11. The molecule has 1 aromatic heterocycles. The molecule has 0 aliphatic carbocycles. The molecule has 3 N–H and O–H groups in total. The lowest BCUT2D eigenvalue weighted by atomic mass is 10.1. The second kappa shape index (κ2) is 7.08. The number of fused-ring (bicyclic) bond motifs is 3. The van der Waals surface area contributed by atoms with Crippen molar-refractivity contribution in [2.24, 2.45) is 5.10 Å². The average Bonchev–Trinajstić information content (AvgIpc) is 3.01. The number of aromatic hydroxyl groups is 2. The van der Waals surface area contributed by atoms with Crippen molar-refractivity contribution in [2.45, 2.75) is 13.5 Å². The van der Waals surface area contributed by atoms with Crippen molar-refractivity contribution in [3.05, 3.63) is 71.8 Å². The molecule has 1 amide bonds. The van der Waals surface area contributed by atoms with Gasteiger partial charge in [0, 0.05) is 34.4 Å². The molecule has 28 heavy (non-hydrogen) atoms. The first-order valence-electron chi connectivity index (χ1n) is 8.95. The molecule has 6 nitrogen and oxygen atoms in total. The number of hydrazone groups is 1. The SMILES string of the molecule is CCn1c2ccccc2c2cc(C=NNC(=O)c3ccc(O)cc3O)ccc21. The summed E-state index contributed by atoms with van der Waals surface area (Å²) in [4.78, 5) is 12.1. The minimum absolute atomic E-state index is 0.0384. The minimum atomic E-state index is -0.558. The van der Waals surface area contributed by atoms with E-state index in [0.717, 1.165) is 29.1 Å². The fourth-order valence-corrected chi connectivity index (χ4v) is 3.43. The molecule has 0 aliphatic heterocycles. The largest absolute Gasteiger partial charge is 0.508 e. The van der Waals surface area contributed by atoms with Gasteiger partial charge in [-0.25, -0.2) is 5.43 Å². The van der Waals surface area contributed by atoms with Gasteiger partial charge < -0.3 is 14.8 Å². The number of nitrogens with one attached hydrogen (secondary N) is 1. The molecule has 0 spiro atoms. The summed E-state index contributed by atoms with van der Waals surface area (Å²) in [7, 11) is 0. The topological polar surface area (TPSA) is 86.9 Å². The predicted molar refractivity (Wildman–Crippen MR) is 110 cm³/mol. The summed E-state index contributed by atoms with van der Waals surface area (Å²) in [5, 5.41) is 25.3. The number of para-hydroxylation sites is 1. The molecular weight excluding hydrogens is 354 g/mol. The highest BCUT2D eigenvalue weighted by molar-refractivity contribution is 6.09. The van der Waals surface area contributed by atoms with Crippen LogP contribution in [0.1, 0.15) is 22.8 Å². The summed E-state index contributed by atoms with van der Waals surface area (Å²) in [6, 6.07) is 18.1. The Kier molecular flexibility index (Phi) is 4.45. The van der Waals surface area contributed by atoms with Crippen molar-refractivity contribution in [3.8, 4) is 11.5 Å². The molecule has 0 aliphatic rings. The van der Waals surface area contributed by atoms with Crippen molar-refractivity contribution >= 4 is 33.9 Å². The third kappa shape index (κ3) is 3.05. The number of hydrogen-bond donors (Lipinski definition) is 3. The van der Waals surface area contributed by atoms with Crippen LogP contribution in [0.4, 0.5) is 0 Å². The van der Waals surface area contributed by atoms with Gasteiger partial charge in [0.2, 0.25) is 0 Å². The van der Waals surface area contributed by atoms with E-state index in [1.54, 1.807) is 6.21 Å². The van der Waals surface area contributed by atoms with Gasteiger partial charge in [0.1, 0.15) is 11.5 Å². The number of phenols is 2. The van der Waals surface area contributed by atoms with Crippen LogP contribution in [0, 0.1) is 0 Å². The average molecular weight is 373 g/mol. The molecule has 0 radical (unpaired) electrons. The molecule has 140 valence electrons. The second-order valence-electron chi connectivity index (χ2n) is 6.44. The first-order valence-corrected chi connectivity index (χ1v) is 8.95. The van der Waals surface area contributed by atoms with Crippen LogP contribution < -0.4 is 5.43 Å². The molecule has 0 saturated heterocycles. The number of carbonyl (C=O) groups excluding carboxylic acids is 1. The zero-order chi connectivity index (χ0) is 19.7. The zero-order valence-corrected chi connectivity index (χ0v) is 15.3. The lowest BCUT2D eigenvalue weighted by molar-refractivity contribution is 0.0952. The Hall–Kier alpha value is -3.80. The van der Waals surface area contributed by atoms with Crippen LogP contribution in [-0.2, 0) is 6.54 Å². The van der Waals surface area contributed by atoms with E-state index in [1.165, 1.54) is 23.0 Å². The summed E-state index contributed by atoms with van der Waals surface area (Å²) < 4.78 is 2.26. The summed E-state index contributed by atoms with van der Waals surface area (Å²) in [6.07, 6.45) is 1.56. The molecular formula is C22H19N3O3. The Balaban J connectivity index is 1.61. The summed E-state index contributed by atoms with van der Waals surface area (Å²) in [5.74, 6) is -0.976. The minimum Gasteiger partial charge on any atom is -0.508 e. The maximum Gasteiger partial charge on any atom is 0.275 e. The lowest BCUT2D eigenvalue weighted by Crippen LogP contribution is -2.17. The van der Waals surface area contributed by atoms with Crippen LogP contribution >= 0.6 is 0 Å². The molecule has 0 unspecified atom stereocenters. The van der Waals surface area contributed by atoms with Crippen LogP contribution in [-0.4, -0.2) is 26.9 Å². The monoisotopic (exact) mass is 373 g/mol. The van der Waals surface area contributed by atoms with Crippen LogP contribution in [0.25, 0.3) is 21.8 Å². The Labute approximate surface area is 161 Å². The van der Waals surface area contributed by atoms with Gasteiger partial charge in [0.25, 0.3) is 5.91 Å². The predicted octanol–water partition coefficient (Wildman–Crippen LogP) is 3.99. The molecule has 4 aromatic rings. The molecule has 6 heteroatoms. The highest BCUT2D eigenvalue weighted by Crippen LogP contribution is 2.29. The summed E-state index contributed by atoms with van der Waals surface area (Å²) in [5.41, 5.74) is 5.62. The van der Waals surface area contributed by atoms with Gasteiger partial charge in [-0.3, -0.25) is 4.79 Å². The molecule has 0 atom stereocenters. The van der Waals surface area contributed by atoms with Crippen LogP contribution in [0.3, 0.4) is 0 Å². The van der Waals surface area contributed by atoms with Crippen molar-refractivity contribution in [1.82, 2.24) is 9.99 Å². The maximum atomic E-state index is 12.1. The van der Waals surface area contributed by atoms with E-state index < -0.39 is 5.91 Å². The number of nitrogens with zero attached hydrogens (tertiary/aromatic N) is 2. The van der Waals surface area contributed by atoms with Gasteiger partial charge in [-0.05, 0) is 42.8 Å². The summed E-state index contributed by atoms with van der Waals surface area (Å²) in [6.45, 7) is 3.00. The Morgan fingerprint density at radius 2 is 1.82 bits per heavy atom. The Morgan fingerprint density at radius 3 is 2.61 bits per heavy atom. The Bertz CT molecular complexity index is 1220. The van der Waals surface area contributed by atoms with Gasteiger partial charge in [-0.2, -0.15) is 5.10 Å². The first kappa shape index (κ1) is 17.6. The first-order chi connectivity index (χ1) is 13.6. The van der Waals surface area contributed by atoms with E-state index in [1.807, 2.05) is 30.3 Å². The van der Waals surface area contributed by atoms with Gasteiger partial charge >= 0.3 is 0 Å². The molecule has 4 rings (SSSR count). The number of phenolic OH excluding ortho intramolecular Hbond substituents is 2. The normalized spacial score (nSPS) is 11.5. The van der Waals surface area contributed by atoms with E-state index in [2.05, 4.69) is 34.2 Å². The standard InChI is InChI=1S/C22H19N3O3/c1-2-25-19-6-4-3-5-16(19)18-11-14(7-10-20(18)25)13-23-24-22(28)17-9-8-15(26)12-21(17)27/h3-13,26-27H,2H2,1H3,(H,24,28). The van der Waals surface area contributed by atoms with Crippen LogP contribution in [0.15, 0.2) is 65.8 Å². The van der Waals surface area contributed by atoms with Gasteiger partial charge in [-0.1, -0.05) is 24.3 Å². The van der Waals surface area contributed by atoms with E-state index in [9.17, 15) is 15.0 Å². The number of rotatable bonds is 4. The summed E-state index contributed by atoms with van der Waals surface area (Å²) >= 11 is 0. The number of hydrogen-bond acceptors (Lipinski definition) is 4. The van der Waals surface area contributed by atoms with E-state index in [0.29, 0.717) is 0 Å². The molecule has 3 aromatic carbocycles. The number of benzene rings is 3. The van der Waals surface area contributed by atoms with E-state index >= 15 is 0 Å². The Morgan fingerprint density at radius 1 is 1.04 bits per heavy atom. The molecule has 0 fully saturated rings. The van der Waals surface area contributed by atoms with Gasteiger partial charge in [0.05, 0.1) is 11.8 Å². The fraction of sp³-hybridized carbons (Fsp3) is 0.0909. The fourth-order valence-electron chi connectivity index (χ4n) is 3.43. The van der Waals surface area contributed by atoms with E-state index in [-0.39, 0.29) is 17.1 Å². The number of carbonyl (C=O) groups is 1. The smallest absolute Gasteiger partial charge is 0.275 e. The third-order valence-electron chi connectivity index (χ3n) is 4.72.